The fraction of sp³-hybridized carbons (Fsp3) is 0.429. The molecule has 5 heteroatoms. The fourth-order valence-electron chi connectivity index (χ4n) is 2.20. The standard InChI is InChI=1S/C14H17NO4/c1-18-12-5-3-10(4-6-12)8-15-9-11(7-13(15)16)14(17)19-2/h3-6,11H,7-9H2,1-2H3/t11-/m1/s1. The van der Waals surface area contributed by atoms with Crippen LogP contribution in [-0.2, 0) is 20.9 Å². The van der Waals surface area contributed by atoms with E-state index in [0.717, 1.165) is 11.3 Å². The van der Waals surface area contributed by atoms with Gasteiger partial charge in [-0.1, -0.05) is 12.1 Å². The molecule has 5 nitrogen and oxygen atoms in total. The molecule has 0 N–H and O–H groups in total. The van der Waals surface area contributed by atoms with Crippen LogP contribution in [0.2, 0.25) is 0 Å². The molecule has 0 unspecified atom stereocenters. The quantitative estimate of drug-likeness (QED) is 0.766. The number of amides is 1. The van der Waals surface area contributed by atoms with E-state index >= 15 is 0 Å². The first-order valence-electron chi connectivity index (χ1n) is 6.12. The summed E-state index contributed by atoms with van der Waals surface area (Å²) in [5.41, 5.74) is 1.01. The molecule has 1 aromatic carbocycles. The highest BCUT2D eigenvalue weighted by atomic mass is 16.5. The summed E-state index contributed by atoms with van der Waals surface area (Å²) in [6.45, 7) is 0.938. The van der Waals surface area contributed by atoms with Gasteiger partial charge >= 0.3 is 5.97 Å². The molecule has 1 fully saturated rings. The predicted molar refractivity (Wildman–Crippen MR) is 68.5 cm³/mol. The lowest BCUT2D eigenvalue weighted by atomic mass is 10.1. The minimum Gasteiger partial charge on any atom is -0.497 e. The summed E-state index contributed by atoms with van der Waals surface area (Å²) in [4.78, 5) is 24.9. The van der Waals surface area contributed by atoms with Gasteiger partial charge in [0, 0.05) is 19.5 Å². The van der Waals surface area contributed by atoms with Crippen molar-refractivity contribution in [3.05, 3.63) is 29.8 Å². The second-order valence-electron chi connectivity index (χ2n) is 4.55. The van der Waals surface area contributed by atoms with Crippen LogP contribution in [0, 0.1) is 5.92 Å². The van der Waals surface area contributed by atoms with Crippen molar-refractivity contribution < 1.29 is 19.1 Å². The Morgan fingerprint density at radius 3 is 2.58 bits per heavy atom. The third-order valence-electron chi connectivity index (χ3n) is 3.28. The highest BCUT2D eigenvalue weighted by Crippen LogP contribution is 2.22. The molecule has 0 spiro atoms. The van der Waals surface area contributed by atoms with Crippen molar-refractivity contribution in [2.75, 3.05) is 20.8 Å². The van der Waals surface area contributed by atoms with E-state index in [9.17, 15) is 9.59 Å². The first kappa shape index (κ1) is 13.4. The molecule has 2 rings (SSSR count). The van der Waals surface area contributed by atoms with Crippen molar-refractivity contribution in [3.63, 3.8) is 0 Å². The minimum absolute atomic E-state index is 0.00813. The maximum Gasteiger partial charge on any atom is 0.310 e. The molecule has 0 saturated carbocycles. The molecule has 0 radical (unpaired) electrons. The molecule has 1 amide bonds. The zero-order valence-corrected chi connectivity index (χ0v) is 11.1. The molecule has 0 bridgehead atoms. The zero-order valence-electron chi connectivity index (χ0n) is 11.1. The van der Waals surface area contributed by atoms with Gasteiger partial charge in [-0.25, -0.2) is 0 Å². The highest BCUT2D eigenvalue weighted by molar-refractivity contribution is 5.86. The predicted octanol–water partition coefficient (Wildman–Crippen LogP) is 1.22. The van der Waals surface area contributed by atoms with Gasteiger partial charge in [-0.15, -0.1) is 0 Å². The van der Waals surface area contributed by atoms with Gasteiger partial charge in [0.1, 0.15) is 5.75 Å². The van der Waals surface area contributed by atoms with Crippen LogP contribution < -0.4 is 4.74 Å². The van der Waals surface area contributed by atoms with Gasteiger partial charge in [0.2, 0.25) is 5.91 Å². The fourth-order valence-corrected chi connectivity index (χ4v) is 2.20. The molecular formula is C14H17NO4. The summed E-state index contributed by atoms with van der Waals surface area (Å²) in [5.74, 6) is 0.122. The van der Waals surface area contributed by atoms with Crippen molar-refractivity contribution in [2.45, 2.75) is 13.0 Å². The van der Waals surface area contributed by atoms with Gasteiger partial charge in [-0.3, -0.25) is 9.59 Å². The van der Waals surface area contributed by atoms with E-state index in [2.05, 4.69) is 4.74 Å². The Morgan fingerprint density at radius 1 is 1.32 bits per heavy atom. The number of rotatable bonds is 4. The van der Waals surface area contributed by atoms with E-state index in [-0.39, 0.29) is 24.2 Å². The Labute approximate surface area is 112 Å². The number of nitrogens with zero attached hydrogens (tertiary/aromatic N) is 1. The van der Waals surface area contributed by atoms with E-state index in [1.807, 2.05) is 24.3 Å². The van der Waals surface area contributed by atoms with Gasteiger partial charge in [-0.2, -0.15) is 0 Å². The van der Waals surface area contributed by atoms with E-state index in [4.69, 9.17) is 4.74 Å². The maximum absolute atomic E-state index is 11.8. The second kappa shape index (κ2) is 5.73. The Bertz CT molecular complexity index is 469. The number of ether oxygens (including phenoxy) is 2. The third kappa shape index (κ3) is 3.05. The number of hydrogen-bond donors (Lipinski definition) is 0. The van der Waals surface area contributed by atoms with Gasteiger partial charge in [0.15, 0.2) is 0 Å². The summed E-state index contributed by atoms with van der Waals surface area (Å²) in [5, 5.41) is 0. The van der Waals surface area contributed by atoms with E-state index in [1.165, 1.54) is 7.11 Å². The van der Waals surface area contributed by atoms with Crippen LogP contribution in [0.1, 0.15) is 12.0 Å². The van der Waals surface area contributed by atoms with Gasteiger partial charge in [0.25, 0.3) is 0 Å². The summed E-state index contributed by atoms with van der Waals surface area (Å²) in [7, 11) is 2.96. The molecular weight excluding hydrogens is 246 g/mol. The molecule has 1 aromatic rings. The summed E-state index contributed by atoms with van der Waals surface area (Å²) in [6, 6.07) is 7.54. The number of carbonyl (C=O) groups excluding carboxylic acids is 2. The summed E-state index contributed by atoms with van der Waals surface area (Å²) < 4.78 is 9.76. The van der Waals surface area contributed by atoms with Crippen molar-refractivity contribution in [1.29, 1.82) is 0 Å². The SMILES string of the molecule is COC(=O)[C@@H]1CC(=O)N(Cc2ccc(OC)cc2)C1. The van der Waals surface area contributed by atoms with Crippen LogP contribution in [0.25, 0.3) is 0 Å². The van der Waals surface area contributed by atoms with Crippen LogP contribution in [-0.4, -0.2) is 37.5 Å². The summed E-state index contributed by atoms with van der Waals surface area (Å²) in [6.07, 6.45) is 0.239. The topological polar surface area (TPSA) is 55.8 Å². The Kier molecular flexibility index (Phi) is 4.04. The number of esters is 1. The Morgan fingerprint density at radius 2 is 2.00 bits per heavy atom. The molecule has 1 atom stereocenters. The third-order valence-corrected chi connectivity index (χ3v) is 3.28. The molecule has 0 aromatic heterocycles. The van der Waals surface area contributed by atoms with Gasteiger partial charge in [0.05, 0.1) is 20.1 Å². The molecule has 1 heterocycles. The van der Waals surface area contributed by atoms with Gasteiger partial charge in [-0.05, 0) is 17.7 Å². The monoisotopic (exact) mass is 263 g/mol. The Balaban J connectivity index is 1.99. The lowest BCUT2D eigenvalue weighted by Crippen LogP contribution is -2.26. The van der Waals surface area contributed by atoms with Crippen molar-refractivity contribution in [2.24, 2.45) is 5.92 Å². The smallest absolute Gasteiger partial charge is 0.310 e. The average Bonchev–Trinajstić information content (AvgIpc) is 2.80. The molecule has 1 aliphatic rings. The van der Waals surface area contributed by atoms with E-state index in [0.29, 0.717) is 13.1 Å². The lowest BCUT2D eigenvalue weighted by molar-refractivity contribution is -0.145. The molecule has 1 saturated heterocycles. The lowest BCUT2D eigenvalue weighted by Gasteiger charge is -2.16. The average molecular weight is 263 g/mol. The van der Waals surface area contributed by atoms with Crippen molar-refractivity contribution in [1.82, 2.24) is 4.90 Å². The molecule has 1 aliphatic heterocycles. The van der Waals surface area contributed by atoms with E-state index in [1.54, 1.807) is 12.0 Å². The number of likely N-dealkylation sites (tertiary alicyclic amines) is 1. The normalized spacial score (nSPS) is 18.5. The van der Waals surface area contributed by atoms with Gasteiger partial charge < -0.3 is 14.4 Å². The summed E-state index contributed by atoms with van der Waals surface area (Å²) >= 11 is 0. The first-order chi connectivity index (χ1) is 9.13. The Hall–Kier alpha value is -2.04. The highest BCUT2D eigenvalue weighted by Gasteiger charge is 2.34. The largest absolute Gasteiger partial charge is 0.497 e. The van der Waals surface area contributed by atoms with Crippen LogP contribution in [0.4, 0.5) is 0 Å². The number of benzene rings is 1. The second-order valence-corrected chi connectivity index (χ2v) is 4.55. The van der Waals surface area contributed by atoms with Crippen molar-refractivity contribution in [3.8, 4) is 5.75 Å². The molecule has 102 valence electrons. The first-order valence-corrected chi connectivity index (χ1v) is 6.12. The number of hydrogen-bond acceptors (Lipinski definition) is 4. The zero-order chi connectivity index (χ0) is 13.8. The number of carbonyl (C=O) groups is 2. The van der Waals surface area contributed by atoms with Crippen LogP contribution >= 0.6 is 0 Å². The van der Waals surface area contributed by atoms with Crippen LogP contribution in [0.15, 0.2) is 24.3 Å². The maximum atomic E-state index is 11.8. The van der Waals surface area contributed by atoms with Crippen LogP contribution in [0.5, 0.6) is 5.75 Å². The molecule has 19 heavy (non-hydrogen) atoms. The van der Waals surface area contributed by atoms with E-state index < -0.39 is 0 Å². The van der Waals surface area contributed by atoms with Crippen LogP contribution in [0.3, 0.4) is 0 Å². The molecule has 0 aliphatic carbocycles. The minimum atomic E-state index is -0.337. The van der Waals surface area contributed by atoms with Crippen molar-refractivity contribution >= 4 is 11.9 Å². The number of methoxy groups -OCH3 is 2.